The number of nitrogens with zero attached hydrogens (tertiary/aromatic N) is 6. The number of benzene rings is 2. The van der Waals surface area contributed by atoms with Gasteiger partial charge < -0.3 is 0 Å². The van der Waals surface area contributed by atoms with Gasteiger partial charge in [-0.3, -0.25) is 14.4 Å². The molecule has 0 spiro atoms. The lowest BCUT2D eigenvalue weighted by Crippen LogP contribution is -2.53. The highest BCUT2D eigenvalue weighted by Crippen LogP contribution is 2.40. The van der Waals surface area contributed by atoms with E-state index >= 15 is 0 Å². The van der Waals surface area contributed by atoms with Gasteiger partial charge in [-0.1, -0.05) is 189 Å². The van der Waals surface area contributed by atoms with Crippen LogP contribution in [0.2, 0.25) is 15.1 Å². The van der Waals surface area contributed by atoms with Crippen molar-refractivity contribution in [3.8, 4) is 0 Å². The molecule has 0 radical (unpaired) electrons. The third-order valence-electron chi connectivity index (χ3n) is 10.5. The zero-order valence-corrected chi connectivity index (χ0v) is 37.5. The van der Waals surface area contributed by atoms with Gasteiger partial charge in [-0.15, -0.1) is 16.7 Å². The van der Waals surface area contributed by atoms with E-state index < -0.39 is 29.1 Å². The standard InChI is InChI=1S/C45H62Cl4N6O3/c1-3-5-7-9-11-12-13-14-15-16-17-18-19-20-21-23-26-34-27-25-28-36(30-34)54(55-40(56)33-39(49)44(55)57)43-41(51-50-29-24-22-10-8-6-4-2)45(58)53(52-43)42-37(47)31-35(46)32-38(42)48/h23,25-28,30-32,39,41H,3-22,24,29,33H2,1-2H3. The van der Waals surface area contributed by atoms with Crippen molar-refractivity contribution in [1.29, 1.82) is 0 Å². The molecular weight excluding hydrogens is 814 g/mol. The molecule has 13 heteroatoms. The van der Waals surface area contributed by atoms with Crippen LogP contribution in [0.5, 0.6) is 0 Å². The van der Waals surface area contributed by atoms with Crippen LogP contribution in [0.1, 0.15) is 161 Å². The van der Waals surface area contributed by atoms with E-state index in [1.165, 1.54) is 107 Å². The zero-order valence-electron chi connectivity index (χ0n) is 34.5. The lowest BCUT2D eigenvalue weighted by atomic mass is 10.0. The minimum atomic E-state index is -1.32. The summed E-state index contributed by atoms with van der Waals surface area (Å²) in [6.45, 7) is 4.84. The molecule has 2 aliphatic heterocycles. The molecule has 2 aliphatic rings. The van der Waals surface area contributed by atoms with Crippen molar-refractivity contribution < 1.29 is 14.4 Å². The van der Waals surface area contributed by atoms with Gasteiger partial charge in [0.15, 0.2) is 5.84 Å². The lowest BCUT2D eigenvalue weighted by molar-refractivity contribution is -0.138. The first-order valence-electron chi connectivity index (χ1n) is 21.7. The van der Waals surface area contributed by atoms with E-state index in [-0.39, 0.29) is 33.0 Å². The fraction of sp³-hybridized carbons (Fsp3) is 0.600. The smallest absolute Gasteiger partial charge is 0.272 e. The number of carbonyl (C=O) groups is 3. The van der Waals surface area contributed by atoms with E-state index in [0.717, 1.165) is 60.5 Å². The molecule has 2 atom stereocenters. The number of imide groups is 1. The topological polar surface area (TPSA) is 98.0 Å². The Labute approximate surface area is 366 Å². The van der Waals surface area contributed by atoms with E-state index in [1.807, 2.05) is 24.3 Å². The molecule has 0 bridgehead atoms. The number of anilines is 2. The van der Waals surface area contributed by atoms with Crippen LogP contribution in [0.25, 0.3) is 6.08 Å². The van der Waals surface area contributed by atoms with E-state index in [1.54, 1.807) is 6.07 Å². The van der Waals surface area contributed by atoms with Gasteiger partial charge in [-0.05, 0) is 49.1 Å². The molecule has 9 nitrogen and oxygen atoms in total. The normalized spacial score (nSPS) is 17.2. The molecule has 2 unspecified atom stereocenters. The lowest BCUT2D eigenvalue weighted by Gasteiger charge is -2.32. The number of amidine groups is 1. The molecule has 0 saturated carbocycles. The van der Waals surface area contributed by atoms with E-state index in [9.17, 15) is 14.4 Å². The number of amides is 3. The summed E-state index contributed by atoms with van der Waals surface area (Å²) in [5.74, 6) is -1.80. The monoisotopic (exact) mass is 874 g/mol. The van der Waals surface area contributed by atoms with Crippen molar-refractivity contribution in [3.63, 3.8) is 0 Å². The van der Waals surface area contributed by atoms with Crippen LogP contribution in [0.4, 0.5) is 11.4 Å². The second-order valence-corrected chi connectivity index (χ2v) is 17.2. The molecule has 0 aliphatic carbocycles. The summed E-state index contributed by atoms with van der Waals surface area (Å²) in [7, 11) is 0. The van der Waals surface area contributed by atoms with Crippen LogP contribution in [-0.2, 0) is 14.4 Å². The molecule has 1 fully saturated rings. The average Bonchev–Trinajstić information content (AvgIpc) is 3.64. The van der Waals surface area contributed by atoms with Gasteiger partial charge in [0.1, 0.15) is 11.1 Å². The maximum atomic E-state index is 14.2. The molecular formula is C45H62Cl4N6O3. The fourth-order valence-corrected chi connectivity index (χ4v) is 8.47. The molecule has 2 aromatic carbocycles. The van der Waals surface area contributed by atoms with Gasteiger partial charge in [0.2, 0.25) is 6.04 Å². The maximum absolute atomic E-state index is 14.2. The first kappa shape index (κ1) is 47.7. The predicted octanol–water partition coefficient (Wildman–Crippen LogP) is 14.2. The number of hydrazone groups is 1. The predicted molar refractivity (Wildman–Crippen MR) is 242 cm³/mol. The molecule has 3 amide bonds. The van der Waals surface area contributed by atoms with Crippen LogP contribution in [0, 0.1) is 0 Å². The van der Waals surface area contributed by atoms with Crippen LogP contribution in [-0.4, -0.2) is 46.5 Å². The van der Waals surface area contributed by atoms with Crippen molar-refractivity contribution in [3.05, 3.63) is 63.1 Å². The number of azo groups is 1. The third-order valence-corrected chi connectivity index (χ3v) is 11.7. The highest BCUT2D eigenvalue weighted by Gasteiger charge is 2.49. The first-order valence-corrected chi connectivity index (χ1v) is 23.3. The number of allylic oxidation sites excluding steroid dienone is 1. The number of alkyl halides is 1. The van der Waals surface area contributed by atoms with Gasteiger partial charge >= 0.3 is 0 Å². The minimum Gasteiger partial charge on any atom is -0.272 e. The Kier molecular flexibility index (Phi) is 21.6. The SMILES string of the molecule is CCCCCCCCCCCCCCCCC=Cc1cccc(N(C2=NN(c3c(Cl)cc(Cl)cc3Cl)C(=O)C2N=NCCCCCCCC)N2C(=O)CC(Cl)C2=O)c1. The third kappa shape index (κ3) is 14.6. The molecule has 4 rings (SSSR count). The second kappa shape index (κ2) is 26.3. The van der Waals surface area contributed by atoms with Crippen molar-refractivity contribution >= 4 is 87.4 Å². The molecule has 2 heterocycles. The molecule has 0 aromatic heterocycles. The molecule has 1 saturated heterocycles. The van der Waals surface area contributed by atoms with Crippen molar-refractivity contribution in [1.82, 2.24) is 5.01 Å². The van der Waals surface area contributed by atoms with Crippen molar-refractivity contribution in [2.75, 3.05) is 16.6 Å². The molecule has 58 heavy (non-hydrogen) atoms. The van der Waals surface area contributed by atoms with Gasteiger partial charge in [0.05, 0.1) is 28.7 Å². The van der Waals surface area contributed by atoms with E-state index in [2.05, 4.69) is 35.3 Å². The minimum absolute atomic E-state index is 0.0187. The average molecular weight is 877 g/mol. The number of hydrogen-bond donors (Lipinski definition) is 0. The number of unbranched alkanes of at least 4 members (excludes halogenated alkanes) is 19. The Hall–Kier alpha value is -2.98. The second-order valence-electron chi connectivity index (χ2n) is 15.4. The number of halogens is 4. The van der Waals surface area contributed by atoms with Crippen molar-refractivity contribution in [2.24, 2.45) is 15.3 Å². The van der Waals surface area contributed by atoms with E-state index in [0.29, 0.717) is 12.2 Å². The summed E-state index contributed by atoms with van der Waals surface area (Å²) < 4.78 is 0. The quantitative estimate of drug-likeness (QED) is 0.0386. The van der Waals surface area contributed by atoms with Crippen LogP contribution >= 0.6 is 46.4 Å². The fourth-order valence-electron chi connectivity index (χ4n) is 7.27. The summed E-state index contributed by atoms with van der Waals surface area (Å²) in [5, 5.41) is 16.2. The number of carbonyl (C=O) groups excluding carboxylic acids is 3. The first-order chi connectivity index (χ1) is 28.2. The van der Waals surface area contributed by atoms with Gasteiger partial charge in [-0.2, -0.15) is 20.2 Å². The number of hydrazine groups is 1. The van der Waals surface area contributed by atoms with Gasteiger partial charge in [0.25, 0.3) is 17.7 Å². The van der Waals surface area contributed by atoms with Crippen LogP contribution in [0.3, 0.4) is 0 Å². The summed E-state index contributed by atoms with van der Waals surface area (Å²) in [6, 6.07) is 8.95. The van der Waals surface area contributed by atoms with Crippen LogP contribution < -0.4 is 10.0 Å². The highest BCUT2D eigenvalue weighted by molar-refractivity contribution is 6.43. The Morgan fingerprint density at radius 3 is 1.84 bits per heavy atom. The summed E-state index contributed by atoms with van der Waals surface area (Å²) in [5.41, 5.74) is 1.36. The zero-order chi connectivity index (χ0) is 41.7. The molecule has 318 valence electrons. The van der Waals surface area contributed by atoms with Gasteiger partial charge in [-0.25, -0.2) is 5.01 Å². The maximum Gasteiger partial charge on any atom is 0.282 e. The van der Waals surface area contributed by atoms with Gasteiger partial charge in [0, 0.05) is 5.02 Å². The highest BCUT2D eigenvalue weighted by atomic mass is 35.5. The van der Waals surface area contributed by atoms with Crippen molar-refractivity contribution in [2.45, 2.75) is 167 Å². The molecule has 0 N–H and O–H groups in total. The Balaban J connectivity index is 1.47. The summed E-state index contributed by atoms with van der Waals surface area (Å²) >= 11 is 25.7. The van der Waals surface area contributed by atoms with Crippen LogP contribution in [0.15, 0.2) is 57.8 Å². The van der Waals surface area contributed by atoms with E-state index in [4.69, 9.17) is 46.4 Å². The largest absolute Gasteiger partial charge is 0.282 e. The Morgan fingerprint density at radius 2 is 1.29 bits per heavy atom. The Bertz CT molecular complexity index is 1700. The number of hydrogen-bond acceptors (Lipinski definition) is 7. The Morgan fingerprint density at radius 1 is 0.741 bits per heavy atom. The summed E-state index contributed by atoms with van der Waals surface area (Å²) in [6.07, 6.45) is 29.7. The number of rotatable bonds is 27. The molecule has 2 aromatic rings. The summed E-state index contributed by atoms with van der Waals surface area (Å²) in [4.78, 5) is 41.3.